The van der Waals surface area contributed by atoms with Crippen molar-refractivity contribution in [3.63, 3.8) is 0 Å². The highest BCUT2D eigenvalue weighted by Crippen LogP contribution is 2.39. The highest BCUT2D eigenvalue weighted by molar-refractivity contribution is 6.03. The third kappa shape index (κ3) is 9.37. The highest BCUT2D eigenvalue weighted by Gasteiger charge is 2.38. The van der Waals surface area contributed by atoms with Crippen molar-refractivity contribution in [2.75, 3.05) is 26.9 Å². The SMILES string of the molecule is CCOC(=O)C1=C(c2ccc(-n3c(C)nc4cnccc43)cc2)NC(C)=C(C(=O)OCC#Cc2cccnc2)C1CCc1ccc(OC)c(OCCc2ccc(F)cc2)c1. The lowest BCUT2D eigenvalue weighted by Crippen LogP contribution is -2.34. The van der Waals surface area contributed by atoms with Gasteiger partial charge in [-0.25, -0.2) is 19.0 Å². The number of aromatic nitrogens is 4. The van der Waals surface area contributed by atoms with E-state index in [9.17, 15) is 14.0 Å². The van der Waals surface area contributed by atoms with Crippen LogP contribution < -0.4 is 14.8 Å². The van der Waals surface area contributed by atoms with Gasteiger partial charge in [-0.05, 0) is 105 Å². The summed E-state index contributed by atoms with van der Waals surface area (Å²) < 4.78 is 38.7. The number of pyridine rings is 2. The summed E-state index contributed by atoms with van der Waals surface area (Å²) in [5.74, 6) is 5.59. The molecule has 0 spiro atoms. The normalized spacial score (nSPS) is 13.7. The molecule has 6 aromatic rings. The molecule has 0 fully saturated rings. The van der Waals surface area contributed by atoms with Crippen LogP contribution in [0.5, 0.6) is 11.5 Å². The van der Waals surface area contributed by atoms with Crippen LogP contribution in [0.25, 0.3) is 22.4 Å². The van der Waals surface area contributed by atoms with Crippen molar-refractivity contribution >= 4 is 28.7 Å². The number of imidazole rings is 1. The number of benzene rings is 3. The Morgan fingerprint density at radius 1 is 0.850 bits per heavy atom. The minimum atomic E-state index is -0.726. The fourth-order valence-corrected chi connectivity index (χ4v) is 7.31. The highest BCUT2D eigenvalue weighted by atomic mass is 19.1. The van der Waals surface area contributed by atoms with Crippen LogP contribution in [0.15, 0.2) is 127 Å². The predicted molar refractivity (Wildman–Crippen MR) is 225 cm³/mol. The molecule has 12 heteroatoms. The van der Waals surface area contributed by atoms with Crippen molar-refractivity contribution in [2.24, 2.45) is 5.92 Å². The molecule has 0 saturated carbocycles. The maximum atomic E-state index is 14.1. The van der Waals surface area contributed by atoms with Crippen LogP contribution in [0, 0.1) is 30.5 Å². The monoisotopic (exact) mass is 805 g/mol. The first-order valence-electron chi connectivity index (χ1n) is 19.6. The molecule has 3 aromatic heterocycles. The third-order valence-electron chi connectivity index (χ3n) is 10.1. The average molecular weight is 806 g/mol. The molecule has 60 heavy (non-hydrogen) atoms. The van der Waals surface area contributed by atoms with Gasteiger partial charge in [0.15, 0.2) is 18.1 Å². The second-order valence-corrected chi connectivity index (χ2v) is 14.0. The average Bonchev–Trinajstić information content (AvgIpc) is 3.60. The van der Waals surface area contributed by atoms with Crippen molar-refractivity contribution in [1.29, 1.82) is 0 Å². The van der Waals surface area contributed by atoms with Crippen molar-refractivity contribution in [3.05, 3.63) is 160 Å². The molecule has 304 valence electrons. The van der Waals surface area contributed by atoms with E-state index in [1.165, 1.54) is 12.1 Å². The minimum absolute atomic E-state index is 0.132. The van der Waals surface area contributed by atoms with Gasteiger partial charge in [0, 0.05) is 47.9 Å². The number of esters is 2. The number of dihydropyridines is 1. The Morgan fingerprint density at radius 3 is 2.37 bits per heavy atom. The first-order valence-corrected chi connectivity index (χ1v) is 19.6. The second-order valence-electron chi connectivity index (χ2n) is 14.0. The summed E-state index contributed by atoms with van der Waals surface area (Å²) in [6, 6.07) is 25.3. The fourth-order valence-electron chi connectivity index (χ4n) is 7.31. The van der Waals surface area contributed by atoms with Gasteiger partial charge in [-0.2, -0.15) is 0 Å². The van der Waals surface area contributed by atoms with Gasteiger partial charge in [-0.15, -0.1) is 0 Å². The van der Waals surface area contributed by atoms with E-state index in [4.69, 9.17) is 18.9 Å². The molecule has 7 rings (SSSR count). The number of aryl methyl sites for hydroxylation is 2. The molecular formula is C48H44FN5O6. The molecule has 3 aromatic carbocycles. The number of carbonyl (C=O) groups is 2. The summed E-state index contributed by atoms with van der Waals surface area (Å²) in [6.07, 6.45) is 8.11. The van der Waals surface area contributed by atoms with E-state index in [0.29, 0.717) is 65.5 Å². The lowest BCUT2D eigenvalue weighted by Gasteiger charge is -2.31. The zero-order valence-corrected chi connectivity index (χ0v) is 33.8. The number of carbonyl (C=O) groups excluding carboxylic acids is 2. The number of methoxy groups -OCH3 is 1. The second kappa shape index (κ2) is 19.0. The van der Waals surface area contributed by atoms with Crippen molar-refractivity contribution in [1.82, 2.24) is 24.8 Å². The van der Waals surface area contributed by atoms with Crippen molar-refractivity contribution in [2.45, 2.75) is 40.0 Å². The van der Waals surface area contributed by atoms with E-state index in [0.717, 1.165) is 39.2 Å². The number of rotatable bonds is 14. The zero-order chi connectivity index (χ0) is 42.0. The number of ether oxygens (including phenoxy) is 4. The Labute approximate surface area is 347 Å². The fraction of sp³-hybridized carbons (Fsp3) is 0.229. The van der Waals surface area contributed by atoms with Gasteiger partial charge in [-0.3, -0.25) is 14.5 Å². The molecule has 4 heterocycles. The van der Waals surface area contributed by atoms with E-state index in [-0.39, 0.29) is 19.0 Å². The van der Waals surface area contributed by atoms with E-state index < -0.39 is 17.9 Å². The van der Waals surface area contributed by atoms with Crippen LogP contribution in [0.1, 0.15) is 48.3 Å². The number of allylic oxidation sites excluding steroid dienone is 1. The number of halogens is 1. The molecule has 1 atom stereocenters. The summed E-state index contributed by atoms with van der Waals surface area (Å²) in [7, 11) is 1.57. The number of hydrogen-bond acceptors (Lipinski definition) is 10. The number of fused-ring (bicyclic) bond motifs is 1. The van der Waals surface area contributed by atoms with Crippen LogP contribution in [0.4, 0.5) is 4.39 Å². The molecule has 1 aliphatic heterocycles. The molecule has 11 nitrogen and oxygen atoms in total. The molecule has 0 bridgehead atoms. The number of hydrogen-bond donors (Lipinski definition) is 1. The smallest absolute Gasteiger partial charge is 0.337 e. The predicted octanol–water partition coefficient (Wildman–Crippen LogP) is 7.89. The van der Waals surface area contributed by atoms with E-state index in [1.807, 2.05) is 66.1 Å². The summed E-state index contributed by atoms with van der Waals surface area (Å²) in [6.45, 7) is 5.79. The molecular weight excluding hydrogens is 762 g/mol. The third-order valence-corrected chi connectivity index (χ3v) is 10.1. The first-order chi connectivity index (χ1) is 29.2. The van der Waals surface area contributed by atoms with Gasteiger partial charge in [0.1, 0.15) is 17.2 Å². The van der Waals surface area contributed by atoms with Crippen LogP contribution in [0.3, 0.4) is 0 Å². The summed E-state index contributed by atoms with van der Waals surface area (Å²) in [5.41, 5.74) is 7.53. The van der Waals surface area contributed by atoms with Gasteiger partial charge >= 0.3 is 11.9 Å². The van der Waals surface area contributed by atoms with Crippen LogP contribution in [-0.2, 0) is 31.9 Å². The van der Waals surface area contributed by atoms with E-state index in [2.05, 4.69) is 32.1 Å². The summed E-state index contributed by atoms with van der Waals surface area (Å²) in [5, 5.41) is 3.39. The van der Waals surface area contributed by atoms with Gasteiger partial charge in [0.2, 0.25) is 0 Å². The van der Waals surface area contributed by atoms with Gasteiger partial charge < -0.3 is 24.3 Å². The van der Waals surface area contributed by atoms with E-state index in [1.54, 1.807) is 63.9 Å². The molecule has 1 N–H and O–H groups in total. The summed E-state index contributed by atoms with van der Waals surface area (Å²) in [4.78, 5) is 41.2. The Morgan fingerprint density at radius 2 is 1.62 bits per heavy atom. The quantitative estimate of drug-likeness (QED) is 0.0858. The standard InChI is InChI=1S/C48H44FN5O6/c1-5-58-48(56)45-39(20-12-34-13-21-42(57-4)43(28-34)59-27-23-33-10-16-37(49)17-11-33)44(47(55)60-26-7-9-35-8-6-24-50-29-35)31(2)52-46(45)36-14-18-38(19-15-36)54-32(3)53-40-30-51-25-22-41(40)54/h6,8,10-11,13-19,21-22,24-25,28-30,39,52H,5,12,20,23,26-27H2,1-4H3. The topological polar surface area (TPSA) is 127 Å². The Balaban J connectivity index is 1.21. The molecule has 0 saturated heterocycles. The van der Waals surface area contributed by atoms with Gasteiger partial charge in [-0.1, -0.05) is 42.2 Å². The van der Waals surface area contributed by atoms with Crippen molar-refractivity contribution < 1.29 is 32.9 Å². The van der Waals surface area contributed by atoms with Gasteiger partial charge in [0.05, 0.1) is 48.9 Å². The van der Waals surface area contributed by atoms with Gasteiger partial charge in [0.25, 0.3) is 0 Å². The largest absolute Gasteiger partial charge is 0.493 e. The number of nitrogens with zero attached hydrogens (tertiary/aromatic N) is 4. The maximum Gasteiger partial charge on any atom is 0.337 e. The zero-order valence-electron chi connectivity index (χ0n) is 33.8. The van der Waals surface area contributed by atoms with Crippen LogP contribution >= 0.6 is 0 Å². The molecule has 1 unspecified atom stereocenters. The maximum absolute atomic E-state index is 14.1. The van der Waals surface area contributed by atoms with Crippen LogP contribution in [0.2, 0.25) is 0 Å². The Bertz CT molecular complexity index is 2630. The Hall–Kier alpha value is -7.26. The molecule has 1 aliphatic rings. The lowest BCUT2D eigenvalue weighted by atomic mass is 9.80. The molecule has 0 aliphatic carbocycles. The summed E-state index contributed by atoms with van der Waals surface area (Å²) >= 11 is 0. The molecule has 0 amide bonds. The minimum Gasteiger partial charge on any atom is -0.493 e. The van der Waals surface area contributed by atoms with Crippen molar-refractivity contribution in [3.8, 4) is 29.0 Å². The van der Waals surface area contributed by atoms with E-state index >= 15 is 0 Å². The number of nitrogens with one attached hydrogen (secondary N) is 1. The first kappa shape index (κ1) is 40.9. The molecule has 0 radical (unpaired) electrons. The Kier molecular flexibility index (Phi) is 13.0. The van der Waals surface area contributed by atoms with Crippen LogP contribution in [-0.4, -0.2) is 58.4 Å². The lowest BCUT2D eigenvalue weighted by molar-refractivity contribution is -0.139.